The van der Waals surface area contributed by atoms with Gasteiger partial charge in [0.05, 0.1) is 24.0 Å². The van der Waals surface area contributed by atoms with Crippen LogP contribution in [-0.4, -0.2) is 12.9 Å². The Morgan fingerprint density at radius 2 is 1.89 bits per heavy atom. The van der Waals surface area contributed by atoms with E-state index >= 15 is 0 Å². The van der Waals surface area contributed by atoms with E-state index in [-0.39, 0.29) is 22.8 Å². The minimum absolute atomic E-state index is 0.0368. The molecule has 7 heteroatoms. The molecule has 0 spiro atoms. The Kier molecular flexibility index (Phi) is 4.09. The molecule has 1 atom stereocenters. The summed E-state index contributed by atoms with van der Waals surface area (Å²) in [6, 6.07) is 15.0. The van der Waals surface area contributed by atoms with Crippen LogP contribution in [0.3, 0.4) is 0 Å². The zero-order valence-corrected chi connectivity index (χ0v) is 14.8. The lowest BCUT2D eigenvalue weighted by molar-refractivity contribution is 0.0967. The number of methoxy groups -OCH3 is 1. The molecule has 0 fully saturated rings. The fraction of sp³-hybridized carbons (Fsp3) is 0.0952. The number of carbonyl (C=O) groups is 1. The maximum absolute atomic E-state index is 13.2. The number of Topliss-reactive ketones (excluding diaryl/α,β-unsaturated/α-hetero) is 1. The van der Waals surface area contributed by atoms with Gasteiger partial charge in [0.2, 0.25) is 5.88 Å². The smallest absolute Gasteiger partial charge is 0.344 e. The van der Waals surface area contributed by atoms with Gasteiger partial charge >= 0.3 is 5.63 Å². The van der Waals surface area contributed by atoms with Gasteiger partial charge in [-0.2, -0.15) is 5.26 Å². The summed E-state index contributed by atoms with van der Waals surface area (Å²) in [6.07, 6.45) is 0. The van der Waals surface area contributed by atoms with Gasteiger partial charge in [0, 0.05) is 5.56 Å². The summed E-state index contributed by atoms with van der Waals surface area (Å²) < 4.78 is 16.0. The van der Waals surface area contributed by atoms with E-state index in [9.17, 15) is 14.9 Å². The van der Waals surface area contributed by atoms with Crippen molar-refractivity contribution in [1.82, 2.24) is 0 Å². The van der Waals surface area contributed by atoms with E-state index in [1.54, 1.807) is 48.5 Å². The van der Waals surface area contributed by atoms with E-state index < -0.39 is 17.3 Å². The standard InChI is InChI=1S/C21H14N2O5/c1-26-12-8-6-11(7-9-12)18(24)16-14(10-22)20(23)28-19-13-4-2-3-5-15(13)27-21(25)17(16)19/h2-9,16H,23H2,1H3. The highest BCUT2D eigenvalue weighted by Gasteiger charge is 2.39. The maximum Gasteiger partial charge on any atom is 0.344 e. The highest BCUT2D eigenvalue weighted by Crippen LogP contribution is 2.41. The zero-order chi connectivity index (χ0) is 19.8. The van der Waals surface area contributed by atoms with E-state index in [4.69, 9.17) is 19.6 Å². The molecule has 1 aliphatic heterocycles. The third kappa shape index (κ3) is 2.59. The molecule has 0 saturated carbocycles. The second kappa shape index (κ2) is 6.59. The average Bonchev–Trinajstić information content (AvgIpc) is 2.72. The van der Waals surface area contributed by atoms with Gasteiger partial charge in [-0.15, -0.1) is 0 Å². The Morgan fingerprint density at radius 3 is 2.57 bits per heavy atom. The normalized spacial score (nSPS) is 15.5. The Hall–Kier alpha value is -4.05. The molecule has 2 heterocycles. The van der Waals surface area contributed by atoms with Crippen molar-refractivity contribution < 1.29 is 18.7 Å². The van der Waals surface area contributed by atoms with Crippen LogP contribution in [0.25, 0.3) is 11.0 Å². The number of allylic oxidation sites excluding steroid dienone is 1. The molecule has 0 bridgehead atoms. The number of benzene rings is 2. The van der Waals surface area contributed by atoms with Crippen LogP contribution in [0.15, 0.2) is 69.2 Å². The predicted molar refractivity (Wildman–Crippen MR) is 100 cm³/mol. The molecule has 0 aliphatic carbocycles. The third-order valence-electron chi connectivity index (χ3n) is 4.61. The Bertz CT molecular complexity index is 1230. The van der Waals surface area contributed by atoms with Crippen LogP contribution in [0, 0.1) is 11.3 Å². The summed E-state index contributed by atoms with van der Waals surface area (Å²) in [5, 5.41) is 10.1. The SMILES string of the molecule is COc1ccc(C(=O)C2C(C#N)=C(N)Oc3c2c(=O)oc2ccccc32)cc1. The van der Waals surface area contributed by atoms with Crippen molar-refractivity contribution in [2.45, 2.75) is 5.92 Å². The molecule has 3 aromatic rings. The summed E-state index contributed by atoms with van der Waals surface area (Å²) in [5.41, 5.74) is 5.61. The largest absolute Gasteiger partial charge is 0.497 e. The quantitative estimate of drug-likeness (QED) is 0.553. The van der Waals surface area contributed by atoms with Gasteiger partial charge in [0.1, 0.15) is 23.0 Å². The summed E-state index contributed by atoms with van der Waals surface area (Å²) >= 11 is 0. The van der Waals surface area contributed by atoms with Crippen molar-refractivity contribution in [3.05, 3.63) is 81.5 Å². The first kappa shape index (κ1) is 17.4. The van der Waals surface area contributed by atoms with E-state index in [1.807, 2.05) is 6.07 Å². The summed E-state index contributed by atoms with van der Waals surface area (Å²) in [5.74, 6) is -1.19. The number of fused-ring (bicyclic) bond motifs is 3. The van der Waals surface area contributed by atoms with Crippen molar-refractivity contribution in [1.29, 1.82) is 5.26 Å². The number of nitrogens with two attached hydrogens (primary N) is 1. The van der Waals surface area contributed by atoms with Gasteiger partial charge in [-0.1, -0.05) is 12.1 Å². The van der Waals surface area contributed by atoms with Gasteiger partial charge in [-0.05, 0) is 36.4 Å². The minimum Gasteiger partial charge on any atom is -0.497 e. The average molecular weight is 374 g/mol. The molecule has 4 rings (SSSR count). The fourth-order valence-corrected chi connectivity index (χ4v) is 3.25. The molecule has 1 unspecified atom stereocenters. The molecule has 7 nitrogen and oxygen atoms in total. The van der Waals surface area contributed by atoms with Gasteiger partial charge in [0.15, 0.2) is 11.5 Å². The van der Waals surface area contributed by atoms with Crippen LogP contribution in [0.1, 0.15) is 21.8 Å². The van der Waals surface area contributed by atoms with Gasteiger partial charge in [-0.3, -0.25) is 4.79 Å². The van der Waals surface area contributed by atoms with Crippen molar-refractivity contribution in [2.24, 2.45) is 5.73 Å². The number of hydrogen-bond donors (Lipinski definition) is 1. The molecule has 28 heavy (non-hydrogen) atoms. The number of hydrogen-bond acceptors (Lipinski definition) is 7. The Labute approximate surface area is 159 Å². The highest BCUT2D eigenvalue weighted by atomic mass is 16.5. The molecule has 1 aromatic heterocycles. The predicted octanol–water partition coefficient (Wildman–Crippen LogP) is 2.85. The van der Waals surface area contributed by atoms with E-state index in [0.29, 0.717) is 22.3 Å². The third-order valence-corrected chi connectivity index (χ3v) is 4.61. The second-order valence-electron chi connectivity index (χ2n) is 6.15. The van der Waals surface area contributed by atoms with Crippen molar-refractivity contribution >= 4 is 16.8 Å². The van der Waals surface area contributed by atoms with E-state index in [2.05, 4.69) is 0 Å². The number of ketones is 1. The monoisotopic (exact) mass is 374 g/mol. The minimum atomic E-state index is -1.22. The fourth-order valence-electron chi connectivity index (χ4n) is 3.25. The van der Waals surface area contributed by atoms with Crippen LogP contribution >= 0.6 is 0 Å². The van der Waals surface area contributed by atoms with Crippen LogP contribution < -0.4 is 20.8 Å². The van der Waals surface area contributed by atoms with Crippen molar-refractivity contribution in [3.8, 4) is 17.6 Å². The zero-order valence-electron chi connectivity index (χ0n) is 14.8. The first-order valence-electron chi connectivity index (χ1n) is 8.36. The maximum atomic E-state index is 13.2. The molecule has 0 radical (unpaired) electrons. The summed E-state index contributed by atoms with van der Waals surface area (Å²) in [4.78, 5) is 25.9. The van der Waals surface area contributed by atoms with Gasteiger partial charge in [-0.25, -0.2) is 4.79 Å². The number of ether oxygens (including phenoxy) is 2. The van der Waals surface area contributed by atoms with Crippen molar-refractivity contribution in [3.63, 3.8) is 0 Å². The number of nitrogens with zero attached hydrogens (tertiary/aromatic N) is 1. The van der Waals surface area contributed by atoms with Crippen LogP contribution in [0.4, 0.5) is 0 Å². The van der Waals surface area contributed by atoms with Gasteiger partial charge < -0.3 is 19.6 Å². The number of carbonyl (C=O) groups excluding carboxylic acids is 1. The van der Waals surface area contributed by atoms with Crippen LogP contribution in [-0.2, 0) is 0 Å². The molecule has 2 N–H and O–H groups in total. The Morgan fingerprint density at radius 1 is 1.18 bits per heavy atom. The second-order valence-corrected chi connectivity index (χ2v) is 6.15. The number of nitriles is 1. The lowest BCUT2D eigenvalue weighted by Crippen LogP contribution is -2.30. The number of rotatable bonds is 3. The van der Waals surface area contributed by atoms with Crippen LogP contribution in [0.2, 0.25) is 0 Å². The summed E-state index contributed by atoms with van der Waals surface area (Å²) in [6.45, 7) is 0. The topological polar surface area (TPSA) is 116 Å². The van der Waals surface area contributed by atoms with Crippen LogP contribution in [0.5, 0.6) is 11.5 Å². The molecule has 2 aromatic carbocycles. The van der Waals surface area contributed by atoms with Crippen molar-refractivity contribution in [2.75, 3.05) is 7.11 Å². The molecular formula is C21H14N2O5. The molecule has 138 valence electrons. The lowest BCUT2D eigenvalue weighted by Gasteiger charge is -2.24. The van der Waals surface area contributed by atoms with E-state index in [0.717, 1.165) is 0 Å². The van der Waals surface area contributed by atoms with E-state index in [1.165, 1.54) is 7.11 Å². The first-order chi connectivity index (χ1) is 13.5. The first-order valence-corrected chi connectivity index (χ1v) is 8.36. The van der Waals surface area contributed by atoms with Gasteiger partial charge in [0.25, 0.3) is 0 Å². The number of para-hydroxylation sites is 1. The summed E-state index contributed by atoms with van der Waals surface area (Å²) in [7, 11) is 1.51. The Balaban J connectivity index is 1.96. The molecule has 0 saturated heterocycles. The molecule has 0 amide bonds. The molecule has 1 aliphatic rings. The molecular weight excluding hydrogens is 360 g/mol. The highest BCUT2D eigenvalue weighted by molar-refractivity contribution is 6.05. The lowest BCUT2D eigenvalue weighted by atomic mass is 9.83.